The van der Waals surface area contributed by atoms with E-state index in [4.69, 9.17) is 10.2 Å². The van der Waals surface area contributed by atoms with Gasteiger partial charge < -0.3 is 4.57 Å². The zero-order valence-electron chi connectivity index (χ0n) is 21.0. The molecule has 3 heterocycles. The molecule has 0 bridgehead atoms. The molecule has 0 atom stereocenters. The van der Waals surface area contributed by atoms with Crippen molar-refractivity contribution in [2.45, 2.75) is 0 Å². The molecule has 0 spiro atoms. The van der Waals surface area contributed by atoms with Crippen LogP contribution < -0.4 is 0 Å². The van der Waals surface area contributed by atoms with Gasteiger partial charge in [0.15, 0.2) is 5.82 Å². The Hall–Kier alpha value is -5.42. The van der Waals surface area contributed by atoms with E-state index in [1.807, 2.05) is 24.3 Å². The Balaban J connectivity index is 1.55. The summed E-state index contributed by atoms with van der Waals surface area (Å²) in [5.74, 6) is 1.55. The average molecular weight is 502 g/mol. The van der Waals surface area contributed by atoms with Crippen molar-refractivity contribution in [1.82, 2.24) is 23.9 Å². The lowest BCUT2D eigenvalue weighted by atomic mass is 10.1. The van der Waals surface area contributed by atoms with Crippen molar-refractivity contribution in [3.05, 3.63) is 140 Å². The predicted molar refractivity (Wildman–Crippen MR) is 158 cm³/mol. The lowest BCUT2D eigenvalue weighted by Crippen LogP contribution is -2.07. The van der Waals surface area contributed by atoms with Crippen LogP contribution in [-0.4, -0.2) is 23.9 Å². The highest BCUT2D eigenvalue weighted by Gasteiger charge is 2.23. The van der Waals surface area contributed by atoms with Crippen LogP contribution in [0.2, 0.25) is 0 Å². The van der Waals surface area contributed by atoms with Gasteiger partial charge in [0.2, 0.25) is 5.95 Å². The molecule has 5 nitrogen and oxygen atoms in total. The van der Waals surface area contributed by atoms with Crippen molar-refractivity contribution in [2.24, 2.45) is 0 Å². The first kappa shape index (κ1) is 21.6. The van der Waals surface area contributed by atoms with Gasteiger partial charge in [-0.3, -0.25) is 9.13 Å². The number of hydrogen-bond donors (Lipinski definition) is 0. The van der Waals surface area contributed by atoms with Crippen molar-refractivity contribution in [2.75, 3.05) is 0 Å². The van der Waals surface area contributed by atoms with Crippen molar-refractivity contribution in [3.63, 3.8) is 0 Å². The molecule has 0 amide bonds. The summed E-state index contributed by atoms with van der Waals surface area (Å²) in [6.07, 6.45) is 2.15. The van der Waals surface area contributed by atoms with Crippen molar-refractivity contribution >= 4 is 32.7 Å². The summed E-state index contributed by atoms with van der Waals surface area (Å²) in [6.45, 7) is 0. The first-order valence-electron chi connectivity index (χ1n) is 13.0. The third kappa shape index (κ3) is 3.27. The maximum Gasteiger partial charge on any atom is 0.241 e. The van der Waals surface area contributed by atoms with E-state index in [0.717, 1.165) is 45.3 Å². The molecule has 8 rings (SSSR count). The van der Waals surface area contributed by atoms with Crippen LogP contribution in [0.4, 0.5) is 0 Å². The SMILES string of the molecule is c1ccc(-c2nnc(-n3c4ccccc4c4ccc5ccn(-c6ccccc6)c5c43)n2-c2ccccc2)cc1. The van der Waals surface area contributed by atoms with E-state index in [-0.39, 0.29) is 0 Å². The van der Waals surface area contributed by atoms with Gasteiger partial charge in [0.25, 0.3) is 0 Å². The Morgan fingerprint density at radius 1 is 0.462 bits per heavy atom. The lowest BCUT2D eigenvalue weighted by Gasteiger charge is -2.14. The number of benzene rings is 5. The van der Waals surface area contributed by atoms with Crippen molar-refractivity contribution in [3.8, 4) is 28.7 Å². The summed E-state index contributed by atoms with van der Waals surface area (Å²) in [5, 5.41) is 13.2. The highest BCUT2D eigenvalue weighted by Crippen LogP contribution is 2.38. The molecule has 0 saturated heterocycles. The summed E-state index contributed by atoms with van der Waals surface area (Å²) in [7, 11) is 0. The molecule has 0 fully saturated rings. The molecule has 0 aliphatic heterocycles. The van der Waals surface area contributed by atoms with Crippen LogP contribution in [0.5, 0.6) is 0 Å². The molecule has 3 aromatic heterocycles. The van der Waals surface area contributed by atoms with Crippen molar-refractivity contribution in [1.29, 1.82) is 0 Å². The Morgan fingerprint density at radius 2 is 1.13 bits per heavy atom. The minimum absolute atomic E-state index is 0.750. The molecule has 5 aromatic carbocycles. The molecule has 0 aliphatic carbocycles. The maximum atomic E-state index is 4.87. The fourth-order valence-corrected chi connectivity index (χ4v) is 5.69. The fourth-order valence-electron chi connectivity index (χ4n) is 5.69. The minimum Gasteiger partial charge on any atom is -0.315 e. The van der Waals surface area contributed by atoms with Gasteiger partial charge in [-0.2, -0.15) is 0 Å². The molecule has 0 saturated carbocycles. The topological polar surface area (TPSA) is 40.6 Å². The van der Waals surface area contributed by atoms with E-state index in [0.29, 0.717) is 0 Å². The summed E-state index contributed by atoms with van der Waals surface area (Å²) in [5.41, 5.74) is 6.47. The van der Waals surface area contributed by atoms with E-state index >= 15 is 0 Å². The summed E-state index contributed by atoms with van der Waals surface area (Å²) < 4.78 is 6.71. The van der Waals surface area contributed by atoms with E-state index in [2.05, 4.69) is 129 Å². The number of rotatable bonds is 4. The Labute approximate surface area is 224 Å². The van der Waals surface area contributed by atoms with Crippen LogP contribution >= 0.6 is 0 Å². The van der Waals surface area contributed by atoms with Gasteiger partial charge in [0.05, 0.1) is 22.2 Å². The molecule has 0 unspecified atom stereocenters. The van der Waals surface area contributed by atoms with Gasteiger partial charge in [0.1, 0.15) is 0 Å². The standard InChI is InChI=1S/C34H23N5/c1-4-12-25(13-5-1)33-35-36-34(38(33)27-16-8-3-9-17-27)39-30-19-11-10-18-28(30)29-21-20-24-22-23-37(31(24)32(29)39)26-14-6-2-7-15-26/h1-23H. The van der Waals surface area contributed by atoms with Crippen LogP contribution in [0.25, 0.3) is 61.4 Å². The van der Waals surface area contributed by atoms with E-state index in [1.54, 1.807) is 0 Å². The number of fused-ring (bicyclic) bond motifs is 5. The maximum absolute atomic E-state index is 4.87. The zero-order chi connectivity index (χ0) is 25.8. The summed E-state index contributed by atoms with van der Waals surface area (Å²) in [6, 6.07) is 46.3. The molecule has 0 radical (unpaired) electrons. The second-order valence-corrected chi connectivity index (χ2v) is 9.63. The number of nitrogens with zero attached hydrogens (tertiary/aromatic N) is 5. The minimum atomic E-state index is 0.750. The second kappa shape index (κ2) is 8.57. The summed E-state index contributed by atoms with van der Waals surface area (Å²) >= 11 is 0. The Bertz CT molecular complexity index is 2100. The molecular formula is C34H23N5. The highest BCUT2D eigenvalue weighted by atomic mass is 15.4. The first-order chi connectivity index (χ1) is 19.4. The van der Waals surface area contributed by atoms with E-state index in [9.17, 15) is 0 Å². The molecule has 0 aliphatic rings. The van der Waals surface area contributed by atoms with Gasteiger partial charge in [-0.25, -0.2) is 0 Å². The summed E-state index contributed by atoms with van der Waals surface area (Å²) in [4.78, 5) is 0. The Morgan fingerprint density at radius 3 is 1.90 bits per heavy atom. The smallest absolute Gasteiger partial charge is 0.241 e. The van der Waals surface area contributed by atoms with Crippen molar-refractivity contribution < 1.29 is 0 Å². The van der Waals surface area contributed by atoms with Gasteiger partial charge in [-0.1, -0.05) is 97.1 Å². The van der Waals surface area contributed by atoms with Gasteiger partial charge in [-0.15, -0.1) is 10.2 Å². The highest BCUT2D eigenvalue weighted by molar-refractivity contribution is 6.18. The third-order valence-electron chi connectivity index (χ3n) is 7.41. The van der Waals surface area contributed by atoms with Crippen LogP contribution in [0.3, 0.4) is 0 Å². The first-order valence-corrected chi connectivity index (χ1v) is 13.0. The van der Waals surface area contributed by atoms with Gasteiger partial charge >= 0.3 is 0 Å². The molecular weight excluding hydrogens is 478 g/mol. The normalized spacial score (nSPS) is 11.6. The van der Waals surface area contributed by atoms with Crippen LogP contribution in [0.15, 0.2) is 140 Å². The molecule has 0 N–H and O–H groups in total. The molecule has 39 heavy (non-hydrogen) atoms. The zero-order valence-corrected chi connectivity index (χ0v) is 21.0. The van der Waals surface area contributed by atoms with Crippen LogP contribution in [0.1, 0.15) is 0 Å². The van der Waals surface area contributed by atoms with Crippen LogP contribution in [-0.2, 0) is 0 Å². The fraction of sp³-hybridized carbons (Fsp3) is 0. The van der Waals surface area contributed by atoms with Gasteiger partial charge in [-0.05, 0) is 36.4 Å². The molecule has 5 heteroatoms. The predicted octanol–water partition coefficient (Wildman–Crippen LogP) is 7.98. The lowest BCUT2D eigenvalue weighted by molar-refractivity contribution is 0.933. The Kier molecular flexibility index (Phi) is 4.76. The number of hydrogen-bond acceptors (Lipinski definition) is 2. The molecule has 8 aromatic rings. The monoisotopic (exact) mass is 501 g/mol. The van der Waals surface area contributed by atoms with E-state index in [1.165, 1.54) is 16.2 Å². The van der Waals surface area contributed by atoms with E-state index < -0.39 is 0 Å². The van der Waals surface area contributed by atoms with Crippen LogP contribution in [0, 0.1) is 0 Å². The molecule has 184 valence electrons. The average Bonchev–Trinajstić information content (AvgIpc) is 3.72. The largest absolute Gasteiger partial charge is 0.315 e. The second-order valence-electron chi connectivity index (χ2n) is 9.63. The number of para-hydroxylation sites is 3. The van der Waals surface area contributed by atoms with Gasteiger partial charge in [0, 0.05) is 33.6 Å². The number of aromatic nitrogens is 5. The quantitative estimate of drug-likeness (QED) is 0.245. The third-order valence-corrected chi connectivity index (χ3v) is 7.41.